The van der Waals surface area contributed by atoms with Gasteiger partial charge in [-0.25, -0.2) is 8.78 Å². The minimum Gasteiger partial charge on any atom is -0.312 e. The summed E-state index contributed by atoms with van der Waals surface area (Å²) in [6.07, 6.45) is -0.108. The fourth-order valence-corrected chi connectivity index (χ4v) is 1.83. The van der Waals surface area contributed by atoms with E-state index in [2.05, 4.69) is 5.32 Å². The van der Waals surface area contributed by atoms with Crippen molar-refractivity contribution in [3.63, 3.8) is 0 Å². The van der Waals surface area contributed by atoms with E-state index < -0.39 is 5.92 Å². The molecule has 1 heterocycles. The quantitative estimate of drug-likeness (QED) is 0.674. The zero-order valence-electron chi connectivity index (χ0n) is 8.11. The van der Waals surface area contributed by atoms with Gasteiger partial charge in [-0.2, -0.15) is 0 Å². The number of alkyl halides is 2. The fraction of sp³-hybridized carbons (Fsp3) is 0.455. The van der Waals surface area contributed by atoms with E-state index in [0.29, 0.717) is 13.1 Å². The molecule has 0 spiro atoms. The maximum atomic E-state index is 13.5. The first kappa shape index (κ1) is 9.59. The van der Waals surface area contributed by atoms with Gasteiger partial charge in [-0.05, 0) is 12.5 Å². The topological polar surface area (TPSA) is 12.0 Å². The summed E-state index contributed by atoms with van der Waals surface area (Å²) in [5, 5.41) is 3.01. The number of fused-ring (bicyclic) bond motifs is 1. The first-order valence-corrected chi connectivity index (χ1v) is 4.78. The van der Waals surface area contributed by atoms with Crippen LogP contribution in [0.4, 0.5) is 8.78 Å². The lowest BCUT2D eigenvalue weighted by Gasteiger charge is -2.16. The van der Waals surface area contributed by atoms with Gasteiger partial charge in [0.2, 0.25) is 0 Å². The monoisotopic (exact) mass is 197 g/mol. The highest BCUT2D eigenvalue weighted by molar-refractivity contribution is 5.35. The van der Waals surface area contributed by atoms with Crippen LogP contribution in [0.3, 0.4) is 0 Å². The van der Waals surface area contributed by atoms with Crippen molar-refractivity contribution < 1.29 is 8.78 Å². The average molecular weight is 197 g/mol. The minimum atomic E-state index is -2.67. The molecular weight excluding hydrogens is 184 g/mol. The lowest BCUT2D eigenvalue weighted by atomic mass is 9.99. The molecule has 14 heavy (non-hydrogen) atoms. The molecule has 2 rings (SSSR count). The molecule has 0 saturated carbocycles. The van der Waals surface area contributed by atoms with Crippen molar-refractivity contribution in [2.75, 3.05) is 6.54 Å². The highest BCUT2D eigenvalue weighted by atomic mass is 19.3. The number of hydrogen-bond acceptors (Lipinski definition) is 1. The van der Waals surface area contributed by atoms with E-state index in [1.165, 1.54) is 0 Å². The van der Waals surface area contributed by atoms with Crippen LogP contribution in [-0.4, -0.2) is 6.54 Å². The van der Waals surface area contributed by atoms with Gasteiger partial charge in [-0.15, -0.1) is 0 Å². The summed E-state index contributed by atoms with van der Waals surface area (Å²) < 4.78 is 27.1. The third-order valence-corrected chi connectivity index (χ3v) is 2.59. The van der Waals surface area contributed by atoms with E-state index in [1.807, 2.05) is 13.0 Å². The molecule has 0 aromatic heterocycles. The van der Waals surface area contributed by atoms with E-state index in [9.17, 15) is 8.78 Å². The molecule has 1 aromatic rings. The molecule has 0 radical (unpaired) electrons. The predicted octanol–water partition coefficient (Wildman–Crippen LogP) is 2.58. The van der Waals surface area contributed by atoms with E-state index in [0.717, 1.165) is 11.1 Å². The number of aryl methyl sites for hydroxylation is 1. The molecule has 1 aliphatic heterocycles. The molecule has 0 aliphatic carbocycles. The van der Waals surface area contributed by atoms with E-state index in [-0.39, 0.29) is 12.0 Å². The van der Waals surface area contributed by atoms with Crippen molar-refractivity contribution in [2.45, 2.75) is 25.8 Å². The smallest absolute Gasteiger partial charge is 0.274 e. The van der Waals surface area contributed by atoms with E-state index in [1.54, 1.807) is 12.1 Å². The third-order valence-electron chi connectivity index (χ3n) is 2.59. The summed E-state index contributed by atoms with van der Waals surface area (Å²) in [7, 11) is 0. The summed E-state index contributed by atoms with van der Waals surface area (Å²) in [4.78, 5) is 0. The van der Waals surface area contributed by atoms with Gasteiger partial charge in [0, 0.05) is 25.1 Å². The summed E-state index contributed by atoms with van der Waals surface area (Å²) in [5.74, 6) is -2.67. The Labute approximate surface area is 82.1 Å². The van der Waals surface area contributed by atoms with Gasteiger partial charge in [0.05, 0.1) is 0 Å². The predicted molar refractivity (Wildman–Crippen MR) is 51.4 cm³/mol. The Kier molecular flexibility index (Phi) is 2.27. The highest BCUT2D eigenvalue weighted by Gasteiger charge is 2.34. The molecule has 0 bridgehead atoms. The molecule has 1 aliphatic rings. The normalized spacial score (nSPS) is 19.9. The number of benzene rings is 1. The molecule has 3 heteroatoms. The zero-order chi connectivity index (χ0) is 10.2. The maximum absolute atomic E-state index is 13.5. The van der Waals surface area contributed by atoms with Crippen molar-refractivity contribution in [3.8, 4) is 0 Å². The molecular formula is C11H13F2N. The van der Waals surface area contributed by atoms with Gasteiger partial charge >= 0.3 is 0 Å². The lowest BCUT2D eigenvalue weighted by Crippen LogP contribution is -2.17. The van der Waals surface area contributed by atoms with Gasteiger partial charge < -0.3 is 5.32 Å². The molecule has 76 valence electrons. The van der Waals surface area contributed by atoms with Crippen LogP contribution in [0.15, 0.2) is 18.2 Å². The molecule has 0 unspecified atom stereocenters. The van der Waals surface area contributed by atoms with Gasteiger partial charge in [0.25, 0.3) is 5.92 Å². The standard InChI is InChI=1S/C11H13F2N/c1-8-2-3-10-9(6-8)7-14-5-4-11(10,12)13/h2-3,6,14H,4-5,7H2,1H3. The van der Waals surface area contributed by atoms with Crippen LogP contribution < -0.4 is 5.32 Å². The van der Waals surface area contributed by atoms with Crippen molar-refractivity contribution in [3.05, 3.63) is 34.9 Å². The van der Waals surface area contributed by atoms with Crippen LogP contribution in [0.5, 0.6) is 0 Å². The molecule has 0 fully saturated rings. The van der Waals surface area contributed by atoms with Crippen molar-refractivity contribution in [1.29, 1.82) is 0 Å². The molecule has 0 saturated heterocycles. The molecule has 0 atom stereocenters. The van der Waals surface area contributed by atoms with Gasteiger partial charge in [0.1, 0.15) is 0 Å². The van der Waals surface area contributed by atoms with Crippen LogP contribution in [-0.2, 0) is 12.5 Å². The Balaban J connectivity index is 2.50. The number of hydrogen-bond donors (Lipinski definition) is 1. The number of nitrogens with one attached hydrogen (secondary N) is 1. The fourth-order valence-electron chi connectivity index (χ4n) is 1.83. The Morgan fingerprint density at radius 2 is 2.14 bits per heavy atom. The van der Waals surface area contributed by atoms with E-state index in [4.69, 9.17) is 0 Å². The molecule has 1 aromatic carbocycles. The molecule has 1 N–H and O–H groups in total. The van der Waals surface area contributed by atoms with Crippen LogP contribution in [0, 0.1) is 6.92 Å². The minimum absolute atomic E-state index is 0.108. The van der Waals surface area contributed by atoms with Crippen LogP contribution >= 0.6 is 0 Å². The second kappa shape index (κ2) is 3.31. The SMILES string of the molecule is Cc1ccc2c(c1)CNCCC2(F)F. The Morgan fingerprint density at radius 1 is 1.36 bits per heavy atom. The number of rotatable bonds is 0. The Hall–Kier alpha value is -0.960. The second-order valence-electron chi connectivity index (χ2n) is 3.79. The Morgan fingerprint density at radius 3 is 2.93 bits per heavy atom. The summed E-state index contributed by atoms with van der Waals surface area (Å²) in [6, 6.07) is 5.14. The molecule has 1 nitrogen and oxygen atoms in total. The summed E-state index contributed by atoms with van der Waals surface area (Å²) in [6.45, 7) is 2.84. The largest absolute Gasteiger partial charge is 0.312 e. The summed E-state index contributed by atoms with van der Waals surface area (Å²) >= 11 is 0. The van der Waals surface area contributed by atoms with E-state index >= 15 is 0 Å². The van der Waals surface area contributed by atoms with Crippen molar-refractivity contribution in [2.24, 2.45) is 0 Å². The third kappa shape index (κ3) is 1.64. The molecule has 0 amide bonds. The van der Waals surface area contributed by atoms with Crippen LogP contribution in [0.2, 0.25) is 0 Å². The van der Waals surface area contributed by atoms with Gasteiger partial charge in [-0.3, -0.25) is 0 Å². The first-order chi connectivity index (χ1) is 6.59. The van der Waals surface area contributed by atoms with Crippen LogP contribution in [0.1, 0.15) is 23.1 Å². The highest BCUT2D eigenvalue weighted by Crippen LogP contribution is 2.35. The van der Waals surface area contributed by atoms with Crippen LogP contribution in [0.25, 0.3) is 0 Å². The maximum Gasteiger partial charge on any atom is 0.274 e. The van der Waals surface area contributed by atoms with Gasteiger partial charge in [0.15, 0.2) is 0 Å². The first-order valence-electron chi connectivity index (χ1n) is 4.78. The van der Waals surface area contributed by atoms with Crippen molar-refractivity contribution in [1.82, 2.24) is 5.32 Å². The second-order valence-corrected chi connectivity index (χ2v) is 3.79. The zero-order valence-corrected chi connectivity index (χ0v) is 8.11. The average Bonchev–Trinajstić information content (AvgIpc) is 2.25. The van der Waals surface area contributed by atoms with Gasteiger partial charge in [-0.1, -0.05) is 23.8 Å². The number of halogens is 2. The van der Waals surface area contributed by atoms with Crippen molar-refractivity contribution >= 4 is 0 Å². The lowest BCUT2D eigenvalue weighted by molar-refractivity contribution is -0.0106. The Bertz CT molecular complexity index is 347. The summed E-state index contributed by atoms with van der Waals surface area (Å²) in [5.41, 5.74) is 1.95.